The highest BCUT2D eigenvalue weighted by Gasteiger charge is 2.08. The molecule has 1 aromatic carbocycles. The third kappa shape index (κ3) is 2.94. The highest BCUT2D eigenvalue weighted by atomic mass is 16.3. The van der Waals surface area contributed by atoms with Crippen molar-refractivity contribution in [1.82, 2.24) is 14.9 Å². The Morgan fingerprint density at radius 3 is 2.78 bits per heavy atom. The Bertz CT molecular complexity index is 542. The number of benzene rings is 1. The number of nitrogens with two attached hydrogens (primary N) is 1. The van der Waals surface area contributed by atoms with Crippen LogP contribution in [-0.4, -0.2) is 39.7 Å². The highest BCUT2D eigenvalue weighted by Crippen LogP contribution is 2.17. The summed E-state index contributed by atoms with van der Waals surface area (Å²) in [6, 6.07) is 7.68. The van der Waals surface area contributed by atoms with Crippen LogP contribution in [0, 0.1) is 0 Å². The predicted molar refractivity (Wildman–Crippen MR) is 72.0 cm³/mol. The van der Waals surface area contributed by atoms with Crippen LogP contribution in [0.25, 0.3) is 10.9 Å². The Labute approximate surface area is 106 Å². The first-order valence-corrected chi connectivity index (χ1v) is 5.94. The molecule has 0 saturated carbocycles. The number of fused-ring (bicyclic) bond motifs is 1. The number of nitrogen functional groups attached to an aromatic ring is 1. The monoisotopic (exact) mass is 246 g/mol. The number of hydrogen-bond donors (Lipinski definition) is 2. The molecule has 2 aromatic rings. The second-order valence-corrected chi connectivity index (χ2v) is 4.59. The zero-order valence-electron chi connectivity index (χ0n) is 10.7. The first-order valence-electron chi connectivity index (χ1n) is 5.94. The van der Waals surface area contributed by atoms with E-state index in [4.69, 9.17) is 5.73 Å². The molecule has 2 rings (SSSR count). The molecule has 1 aromatic heterocycles. The van der Waals surface area contributed by atoms with Crippen molar-refractivity contribution in [3.63, 3.8) is 0 Å². The first-order chi connectivity index (χ1) is 8.56. The van der Waals surface area contributed by atoms with Crippen LogP contribution in [0.1, 0.15) is 12.7 Å². The van der Waals surface area contributed by atoms with Gasteiger partial charge in [0.1, 0.15) is 11.6 Å². The Morgan fingerprint density at radius 1 is 1.33 bits per heavy atom. The molecular formula is C13H18N4O. The number of likely N-dealkylation sites (N-methyl/N-ethyl adjacent to an activating group) is 1. The van der Waals surface area contributed by atoms with E-state index in [1.165, 1.54) is 0 Å². The maximum absolute atomic E-state index is 9.32. The molecule has 0 spiro atoms. The van der Waals surface area contributed by atoms with Crippen LogP contribution in [0.15, 0.2) is 24.3 Å². The number of anilines is 1. The van der Waals surface area contributed by atoms with Crippen LogP contribution in [0.4, 0.5) is 5.82 Å². The van der Waals surface area contributed by atoms with Gasteiger partial charge >= 0.3 is 0 Å². The predicted octanol–water partition coefficient (Wildman–Crippen LogP) is 1.02. The molecule has 0 aliphatic rings. The van der Waals surface area contributed by atoms with Crippen molar-refractivity contribution in [2.24, 2.45) is 0 Å². The minimum absolute atomic E-state index is 0.368. The summed E-state index contributed by atoms with van der Waals surface area (Å²) in [4.78, 5) is 10.7. The third-order valence-corrected chi connectivity index (χ3v) is 2.67. The van der Waals surface area contributed by atoms with Crippen molar-refractivity contribution in [3.8, 4) is 0 Å². The van der Waals surface area contributed by atoms with Crippen molar-refractivity contribution < 1.29 is 5.11 Å². The summed E-state index contributed by atoms with van der Waals surface area (Å²) in [5, 5.41) is 10.2. The summed E-state index contributed by atoms with van der Waals surface area (Å²) in [6.45, 7) is 2.90. The Morgan fingerprint density at radius 2 is 2.06 bits per heavy atom. The fraction of sp³-hybridized carbons (Fsp3) is 0.385. The minimum atomic E-state index is -0.368. The molecular weight excluding hydrogens is 228 g/mol. The standard InChI is InChI=1S/C13H18N4O/c1-9(18)7-17(2)8-12-15-11-6-4-3-5-10(11)13(14)16-12/h3-6,9,18H,7-8H2,1-2H3,(H2,14,15,16). The van der Waals surface area contributed by atoms with Gasteiger partial charge in [-0.05, 0) is 26.1 Å². The molecule has 0 aliphatic carbocycles. The van der Waals surface area contributed by atoms with E-state index in [2.05, 4.69) is 9.97 Å². The molecule has 18 heavy (non-hydrogen) atoms. The minimum Gasteiger partial charge on any atom is -0.392 e. The number of hydrogen-bond acceptors (Lipinski definition) is 5. The number of aliphatic hydroxyl groups excluding tert-OH is 1. The van der Waals surface area contributed by atoms with Crippen molar-refractivity contribution in [2.75, 3.05) is 19.3 Å². The molecule has 0 aliphatic heterocycles. The van der Waals surface area contributed by atoms with Gasteiger partial charge < -0.3 is 10.8 Å². The summed E-state index contributed by atoms with van der Waals surface area (Å²) in [7, 11) is 1.92. The summed E-state index contributed by atoms with van der Waals surface area (Å²) in [5.41, 5.74) is 6.77. The number of rotatable bonds is 4. The van der Waals surface area contributed by atoms with E-state index in [0.717, 1.165) is 10.9 Å². The van der Waals surface area contributed by atoms with Gasteiger partial charge in [0.05, 0.1) is 18.2 Å². The summed E-state index contributed by atoms with van der Waals surface area (Å²) >= 11 is 0. The van der Waals surface area contributed by atoms with Gasteiger partial charge in [-0.1, -0.05) is 12.1 Å². The molecule has 1 unspecified atom stereocenters. The van der Waals surface area contributed by atoms with Crippen LogP contribution in [0.3, 0.4) is 0 Å². The van der Waals surface area contributed by atoms with E-state index in [0.29, 0.717) is 24.7 Å². The van der Waals surface area contributed by atoms with Gasteiger partial charge in [-0.15, -0.1) is 0 Å². The Kier molecular flexibility index (Phi) is 3.74. The summed E-state index contributed by atoms with van der Waals surface area (Å²) in [5.74, 6) is 1.18. The lowest BCUT2D eigenvalue weighted by Crippen LogP contribution is -2.27. The number of aliphatic hydroxyl groups is 1. The SMILES string of the molecule is CC(O)CN(C)Cc1nc(N)c2ccccc2n1. The molecule has 0 fully saturated rings. The molecule has 96 valence electrons. The quantitative estimate of drug-likeness (QED) is 0.842. The Hall–Kier alpha value is -1.72. The van der Waals surface area contributed by atoms with Gasteiger partial charge in [0.2, 0.25) is 0 Å². The van der Waals surface area contributed by atoms with Crippen molar-refractivity contribution in [1.29, 1.82) is 0 Å². The fourth-order valence-corrected chi connectivity index (χ4v) is 1.98. The van der Waals surface area contributed by atoms with Crippen LogP contribution < -0.4 is 5.73 Å². The van der Waals surface area contributed by atoms with Gasteiger partial charge in [0.15, 0.2) is 0 Å². The average molecular weight is 246 g/mol. The van der Waals surface area contributed by atoms with E-state index in [1.54, 1.807) is 6.92 Å². The molecule has 1 atom stereocenters. The van der Waals surface area contributed by atoms with E-state index >= 15 is 0 Å². The van der Waals surface area contributed by atoms with Gasteiger partial charge in [0, 0.05) is 11.9 Å². The second-order valence-electron chi connectivity index (χ2n) is 4.59. The maximum atomic E-state index is 9.32. The molecule has 5 nitrogen and oxygen atoms in total. The third-order valence-electron chi connectivity index (χ3n) is 2.67. The van der Waals surface area contributed by atoms with Crippen molar-refractivity contribution >= 4 is 16.7 Å². The molecule has 0 radical (unpaired) electrons. The normalized spacial score (nSPS) is 13.1. The van der Waals surface area contributed by atoms with E-state index in [1.807, 2.05) is 36.2 Å². The highest BCUT2D eigenvalue weighted by molar-refractivity contribution is 5.87. The topological polar surface area (TPSA) is 75.3 Å². The van der Waals surface area contributed by atoms with Crippen LogP contribution in [0.5, 0.6) is 0 Å². The summed E-state index contributed by atoms with van der Waals surface area (Å²) in [6.07, 6.45) is -0.368. The van der Waals surface area contributed by atoms with Gasteiger partial charge in [-0.2, -0.15) is 0 Å². The molecule has 5 heteroatoms. The maximum Gasteiger partial charge on any atom is 0.145 e. The first kappa shape index (κ1) is 12.7. The van der Waals surface area contributed by atoms with Crippen molar-refractivity contribution in [2.45, 2.75) is 19.6 Å². The fourth-order valence-electron chi connectivity index (χ4n) is 1.98. The van der Waals surface area contributed by atoms with E-state index < -0.39 is 0 Å². The lowest BCUT2D eigenvalue weighted by atomic mass is 10.2. The lowest BCUT2D eigenvalue weighted by Gasteiger charge is -2.17. The van der Waals surface area contributed by atoms with E-state index in [9.17, 15) is 5.11 Å². The number of nitrogens with zero attached hydrogens (tertiary/aromatic N) is 3. The van der Waals surface area contributed by atoms with Gasteiger partial charge in [-0.25, -0.2) is 9.97 Å². The number of aromatic nitrogens is 2. The zero-order valence-corrected chi connectivity index (χ0v) is 10.7. The molecule has 3 N–H and O–H groups in total. The molecule has 0 amide bonds. The van der Waals surface area contributed by atoms with Crippen LogP contribution in [-0.2, 0) is 6.54 Å². The zero-order chi connectivity index (χ0) is 13.1. The van der Waals surface area contributed by atoms with Crippen LogP contribution >= 0.6 is 0 Å². The molecule has 0 bridgehead atoms. The molecule has 1 heterocycles. The van der Waals surface area contributed by atoms with Gasteiger partial charge in [0.25, 0.3) is 0 Å². The second kappa shape index (κ2) is 5.29. The lowest BCUT2D eigenvalue weighted by molar-refractivity contribution is 0.137. The van der Waals surface area contributed by atoms with Crippen LogP contribution in [0.2, 0.25) is 0 Å². The van der Waals surface area contributed by atoms with Crippen molar-refractivity contribution in [3.05, 3.63) is 30.1 Å². The number of para-hydroxylation sites is 1. The van der Waals surface area contributed by atoms with Gasteiger partial charge in [-0.3, -0.25) is 4.90 Å². The Balaban J connectivity index is 2.24. The van der Waals surface area contributed by atoms with E-state index in [-0.39, 0.29) is 6.10 Å². The smallest absolute Gasteiger partial charge is 0.145 e. The average Bonchev–Trinajstić information content (AvgIpc) is 2.27. The summed E-state index contributed by atoms with van der Waals surface area (Å²) < 4.78 is 0. The largest absolute Gasteiger partial charge is 0.392 e. The molecule has 0 saturated heterocycles.